The standard InChI is InChI=1S/C10H18F3NO/c1-4-6-9(15)14(8(3)5-2)7-10(11,12)13/h8H,4-7H2,1-3H3. The fraction of sp³-hybridized carbons (Fsp3) is 0.900. The molecule has 0 heterocycles. The molecule has 0 bridgehead atoms. The Kier molecular flexibility index (Phi) is 5.68. The third kappa shape index (κ3) is 5.64. The molecule has 15 heavy (non-hydrogen) atoms. The summed E-state index contributed by atoms with van der Waals surface area (Å²) in [5.74, 6) is -0.413. The lowest BCUT2D eigenvalue weighted by molar-refractivity contribution is -0.165. The zero-order chi connectivity index (χ0) is 12.1. The van der Waals surface area contributed by atoms with Crippen LogP contribution in [-0.2, 0) is 4.79 Å². The van der Waals surface area contributed by atoms with Crippen molar-refractivity contribution in [2.75, 3.05) is 6.54 Å². The molecule has 0 spiro atoms. The molecule has 1 unspecified atom stereocenters. The molecule has 0 radical (unpaired) electrons. The summed E-state index contributed by atoms with van der Waals surface area (Å²) < 4.78 is 36.6. The number of hydrogen-bond acceptors (Lipinski definition) is 1. The van der Waals surface area contributed by atoms with Crippen LogP contribution in [0.5, 0.6) is 0 Å². The smallest absolute Gasteiger partial charge is 0.331 e. The predicted molar refractivity (Wildman–Crippen MR) is 52.4 cm³/mol. The quantitative estimate of drug-likeness (QED) is 0.704. The molecule has 0 aliphatic carbocycles. The van der Waals surface area contributed by atoms with Gasteiger partial charge in [-0.25, -0.2) is 0 Å². The first-order valence-electron chi connectivity index (χ1n) is 5.18. The van der Waals surface area contributed by atoms with Gasteiger partial charge in [0.1, 0.15) is 6.54 Å². The lowest BCUT2D eigenvalue weighted by Gasteiger charge is -2.29. The van der Waals surface area contributed by atoms with Gasteiger partial charge in [-0.05, 0) is 19.8 Å². The molecule has 0 aromatic heterocycles. The zero-order valence-corrected chi connectivity index (χ0v) is 9.40. The maximum atomic E-state index is 12.2. The van der Waals surface area contributed by atoms with Crippen LogP contribution >= 0.6 is 0 Å². The monoisotopic (exact) mass is 225 g/mol. The van der Waals surface area contributed by atoms with Crippen LogP contribution in [0.3, 0.4) is 0 Å². The van der Waals surface area contributed by atoms with Crippen LogP contribution in [0.15, 0.2) is 0 Å². The lowest BCUT2D eigenvalue weighted by atomic mass is 10.2. The van der Waals surface area contributed by atoms with Gasteiger partial charge >= 0.3 is 6.18 Å². The predicted octanol–water partition coefficient (Wildman–Crippen LogP) is 2.98. The van der Waals surface area contributed by atoms with Gasteiger partial charge in [-0.1, -0.05) is 13.8 Å². The number of halogens is 3. The first kappa shape index (κ1) is 14.3. The van der Waals surface area contributed by atoms with Crippen molar-refractivity contribution in [1.29, 1.82) is 0 Å². The summed E-state index contributed by atoms with van der Waals surface area (Å²) in [5.41, 5.74) is 0. The summed E-state index contributed by atoms with van der Waals surface area (Å²) in [6.45, 7) is 4.05. The van der Waals surface area contributed by atoms with Crippen molar-refractivity contribution in [1.82, 2.24) is 4.90 Å². The topological polar surface area (TPSA) is 20.3 Å². The number of carbonyl (C=O) groups excluding carboxylic acids is 1. The van der Waals surface area contributed by atoms with Gasteiger partial charge in [-0.3, -0.25) is 4.79 Å². The molecule has 0 aromatic rings. The average molecular weight is 225 g/mol. The first-order valence-corrected chi connectivity index (χ1v) is 5.18. The molecule has 0 saturated heterocycles. The molecular weight excluding hydrogens is 207 g/mol. The van der Waals surface area contributed by atoms with Gasteiger partial charge in [-0.2, -0.15) is 13.2 Å². The van der Waals surface area contributed by atoms with Crippen LogP contribution < -0.4 is 0 Å². The maximum Gasteiger partial charge on any atom is 0.406 e. The van der Waals surface area contributed by atoms with Crippen molar-refractivity contribution in [2.45, 2.75) is 52.3 Å². The molecule has 0 N–H and O–H groups in total. The van der Waals surface area contributed by atoms with Gasteiger partial charge in [0.05, 0.1) is 0 Å². The zero-order valence-electron chi connectivity index (χ0n) is 9.40. The molecule has 5 heteroatoms. The second-order valence-corrected chi connectivity index (χ2v) is 3.64. The SMILES string of the molecule is CCCC(=O)N(CC(F)(F)F)C(C)CC. The molecule has 2 nitrogen and oxygen atoms in total. The van der Waals surface area contributed by atoms with E-state index < -0.39 is 18.6 Å². The number of carbonyl (C=O) groups is 1. The minimum Gasteiger partial charge on any atom is -0.331 e. The van der Waals surface area contributed by atoms with Crippen molar-refractivity contribution in [2.24, 2.45) is 0 Å². The second kappa shape index (κ2) is 5.98. The Balaban J connectivity index is 4.51. The Hall–Kier alpha value is -0.740. The van der Waals surface area contributed by atoms with Crippen molar-refractivity contribution in [3.05, 3.63) is 0 Å². The number of hydrogen-bond donors (Lipinski definition) is 0. The Morgan fingerprint density at radius 2 is 1.87 bits per heavy atom. The van der Waals surface area contributed by atoms with Crippen LogP contribution in [0.1, 0.15) is 40.0 Å². The number of amides is 1. The third-order valence-electron chi connectivity index (χ3n) is 2.26. The highest BCUT2D eigenvalue weighted by molar-refractivity contribution is 5.76. The Labute approximate surface area is 88.4 Å². The lowest BCUT2D eigenvalue weighted by Crippen LogP contribution is -2.44. The molecule has 90 valence electrons. The fourth-order valence-corrected chi connectivity index (χ4v) is 1.26. The summed E-state index contributed by atoms with van der Waals surface area (Å²) in [6.07, 6.45) is -3.03. The van der Waals surface area contributed by atoms with Crippen LogP contribution in [0.4, 0.5) is 13.2 Å². The van der Waals surface area contributed by atoms with Crippen molar-refractivity contribution in [3.8, 4) is 0 Å². The Morgan fingerprint density at radius 3 is 2.20 bits per heavy atom. The first-order chi connectivity index (χ1) is 6.81. The van der Waals surface area contributed by atoms with Gasteiger partial charge in [0, 0.05) is 12.5 Å². The number of nitrogens with zero attached hydrogens (tertiary/aromatic N) is 1. The van der Waals surface area contributed by atoms with E-state index in [1.807, 2.05) is 0 Å². The fourth-order valence-electron chi connectivity index (χ4n) is 1.26. The second-order valence-electron chi connectivity index (χ2n) is 3.64. The highest BCUT2D eigenvalue weighted by Crippen LogP contribution is 2.19. The highest BCUT2D eigenvalue weighted by atomic mass is 19.4. The molecule has 1 amide bonds. The normalized spacial score (nSPS) is 13.7. The number of alkyl halides is 3. The molecule has 0 aromatic carbocycles. The molecule has 0 saturated carbocycles. The van der Waals surface area contributed by atoms with Gasteiger partial charge < -0.3 is 4.90 Å². The van der Waals surface area contributed by atoms with Gasteiger partial charge in [0.2, 0.25) is 5.91 Å². The summed E-state index contributed by atoms with van der Waals surface area (Å²) in [4.78, 5) is 12.4. The summed E-state index contributed by atoms with van der Waals surface area (Å²) >= 11 is 0. The summed E-state index contributed by atoms with van der Waals surface area (Å²) in [7, 11) is 0. The molecule has 0 rings (SSSR count). The van der Waals surface area contributed by atoms with E-state index in [0.717, 1.165) is 4.90 Å². The molecule has 0 fully saturated rings. The van der Waals surface area contributed by atoms with Gasteiger partial charge in [0.25, 0.3) is 0 Å². The largest absolute Gasteiger partial charge is 0.406 e. The number of rotatable bonds is 5. The highest BCUT2D eigenvalue weighted by Gasteiger charge is 2.34. The summed E-state index contributed by atoms with van der Waals surface area (Å²) in [5, 5.41) is 0. The molecule has 0 aliphatic heterocycles. The summed E-state index contributed by atoms with van der Waals surface area (Å²) in [6, 6.07) is -0.356. The van der Waals surface area contributed by atoms with Crippen LogP contribution in [0.2, 0.25) is 0 Å². The average Bonchev–Trinajstić information content (AvgIpc) is 2.12. The van der Waals surface area contributed by atoms with E-state index in [-0.39, 0.29) is 12.5 Å². The van der Waals surface area contributed by atoms with Crippen LogP contribution in [-0.4, -0.2) is 29.6 Å². The van der Waals surface area contributed by atoms with Crippen molar-refractivity contribution in [3.63, 3.8) is 0 Å². The van der Waals surface area contributed by atoms with Crippen LogP contribution in [0, 0.1) is 0 Å². The van der Waals surface area contributed by atoms with E-state index in [0.29, 0.717) is 12.8 Å². The molecule has 0 aliphatic rings. The van der Waals surface area contributed by atoms with E-state index >= 15 is 0 Å². The Bertz CT molecular complexity index is 203. The Morgan fingerprint density at radius 1 is 1.33 bits per heavy atom. The van der Waals surface area contributed by atoms with E-state index in [2.05, 4.69) is 0 Å². The molecular formula is C10H18F3NO. The van der Waals surface area contributed by atoms with Crippen molar-refractivity contribution >= 4 is 5.91 Å². The van der Waals surface area contributed by atoms with E-state index in [4.69, 9.17) is 0 Å². The van der Waals surface area contributed by atoms with Gasteiger partial charge in [0.15, 0.2) is 0 Å². The van der Waals surface area contributed by atoms with Crippen LogP contribution in [0.25, 0.3) is 0 Å². The third-order valence-corrected chi connectivity index (χ3v) is 2.26. The minimum atomic E-state index is -4.31. The van der Waals surface area contributed by atoms with E-state index in [9.17, 15) is 18.0 Å². The van der Waals surface area contributed by atoms with E-state index in [1.54, 1.807) is 20.8 Å². The minimum absolute atomic E-state index is 0.181. The van der Waals surface area contributed by atoms with Crippen molar-refractivity contribution < 1.29 is 18.0 Å². The van der Waals surface area contributed by atoms with Gasteiger partial charge in [-0.15, -0.1) is 0 Å². The molecule has 1 atom stereocenters. The maximum absolute atomic E-state index is 12.2. The van der Waals surface area contributed by atoms with E-state index in [1.165, 1.54) is 0 Å².